The molecular formula is C18H19N. The lowest BCUT2D eigenvalue weighted by molar-refractivity contribution is 0.717. The summed E-state index contributed by atoms with van der Waals surface area (Å²) in [5.74, 6) is 2.63. The van der Waals surface area contributed by atoms with E-state index >= 15 is 0 Å². The molecule has 1 heterocycles. The van der Waals surface area contributed by atoms with Gasteiger partial charge in [0.05, 0.1) is 5.69 Å². The topological polar surface area (TPSA) is 12.9 Å². The molecule has 2 aromatic rings. The van der Waals surface area contributed by atoms with Crippen LogP contribution in [0.3, 0.4) is 0 Å². The summed E-state index contributed by atoms with van der Waals surface area (Å²) in [4.78, 5) is 4.44. The van der Waals surface area contributed by atoms with Crippen molar-refractivity contribution in [2.45, 2.75) is 32.6 Å². The maximum atomic E-state index is 5.37. The van der Waals surface area contributed by atoms with Crippen LogP contribution < -0.4 is 0 Å². The summed E-state index contributed by atoms with van der Waals surface area (Å²) in [7, 11) is 0. The summed E-state index contributed by atoms with van der Waals surface area (Å²) in [6, 6.07) is 12.3. The van der Waals surface area contributed by atoms with Crippen LogP contribution in [0, 0.1) is 12.3 Å². The van der Waals surface area contributed by atoms with Crippen LogP contribution in [0.5, 0.6) is 0 Å². The molecular weight excluding hydrogens is 230 g/mol. The molecule has 0 aliphatic rings. The Morgan fingerprint density at radius 3 is 2.58 bits per heavy atom. The van der Waals surface area contributed by atoms with Crippen LogP contribution >= 0.6 is 0 Å². The maximum absolute atomic E-state index is 5.37. The molecule has 0 aliphatic carbocycles. The van der Waals surface area contributed by atoms with Gasteiger partial charge in [0.2, 0.25) is 0 Å². The molecule has 0 spiro atoms. The van der Waals surface area contributed by atoms with Gasteiger partial charge in [-0.25, -0.2) is 0 Å². The summed E-state index contributed by atoms with van der Waals surface area (Å²) in [5, 5.41) is 0. The Kier molecular flexibility index (Phi) is 4.75. The van der Waals surface area contributed by atoms with Crippen molar-refractivity contribution in [2.75, 3.05) is 0 Å². The zero-order valence-electron chi connectivity index (χ0n) is 11.4. The van der Waals surface area contributed by atoms with Gasteiger partial charge in [-0.05, 0) is 42.7 Å². The molecule has 1 aromatic carbocycles. The smallest absolute Gasteiger partial charge is 0.0704 e. The predicted octanol–water partition coefficient (Wildman–Crippen LogP) is 4.46. The van der Waals surface area contributed by atoms with E-state index in [0.717, 1.165) is 23.2 Å². The first-order chi connectivity index (χ1) is 9.33. The predicted molar refractivity (Wildman–Crippen MR) is 80.8 cm³/mol. The van der Waals surface area contributed by atoms with Gasteiger partial charge < -0.3 is 0 Å². The molecule has 0 unspecified atom stereocenters. The first kappa shape index (κ1) is 13.4. The van der Waals surface area contributed by atoms with Gasteiger partial charge in [0, 0.05) is 17.3 Å². The van der Waals surface area contributed by atoms with Crippen molar-refractivity contribution in [2.24, 2.45) is 0 Å². The Balaban J connectivity index is 2.15. The summed E-state index contributed by atoms with van der Waals surface area (Å²) in [5.41, 5.74) is 4.41. The number of nitrogens with zero attached hydrogens (tertiary/aromatic N) is 1. The van der Waals surface area contributed by atoms with Gasteiger partial charge in [0.15, 0.2) is 0 Å². The van der Waals surface area contributed by atoms with E-state index in [1.807, 2.05) is 30.5 Å². The highest BCUT2D eigenvalue weighted by molar-refractivity contribution is 5.60. The van der Waals surface area contributed by atoms with E-state index in [2.05, 4.69) is 30.0 Å². The summed E-state index contributed by atoms with van der Waals surface area (Å²) >= 11 is 0. The third kappa shape index (κ3) is 3.69. The van der Waals surface area contributed by atoms with Crippen LogP contribution in [0.15, 0.2) is 42.6 Å². The molecule has 1 heteroatoms. The molecule has 1 nitrogen and oxygen atoms in total. The summed E-state index contributed by atoms with van der Waals surface area (Å²) < 4.78 is 0. The number of aromatic nitrogens is 1. The standard InChI is InChI=1S/C18H19N/c1-3-5-6-7-16-12-13-19-18(14-16)17-10-8-15(4-2)9-11-17/h2,8-14H,3,5-7H2,1H3. The van der Waals surface area contributed by atoms with Gasteiger partial charge in [-0.15, -0.1) is 6.42 Å². The third-order valence-corrected chi connectivity index (χ3v) is 3.24. The van der Waals surface area contributed by atoms with Gasteiger partial charge in [-0.2, -0.15) is 0 Å². The van der Waals surface area contributed by atoms with Crippen LogP contribution in [0.2, 0.25) is 0 Å². The molecule has 2 rings (SSSR count). The molecule has 96 valence electrons. The largest absolute Gasteiger partial charge is 0.256 e. The zero-order chi connectivity index (χ0) is 13.5. The minimum absolute atomic E-state index is 0.905. The summed E-state index contributed by atoms with van der Waals surface area (Å²) in [6.45, 7) is 2.23. The fourth-order valence-electron chi connectivity index (χ4n) is 2.10. The number of rotatable bonds is 5. The number of terminal acetylenes is 1. The molecule has 0 radical (unpaired) electrons. The number of aryl methyl sites for hydroxylation is 1. The molecule has 0 N–H and O–H groups in total. The molecule has 0 saturated carbocycles. The minimum atomic E-state index is 0.905. The fraction of sp³-hybridized carbons (Fsp3) is 0.278. The van der Waals surface area contributed by atoms with E-state index in [1.165, 1.54) is 24.8 Å². The van der Waals surface area contributed by atoms with Crippen molar-refractivity contribution >= 4 is 0 Å². The normalized spacial score (nSPS) is 10.1. The highest BCUT2D eigenvalue weighted by Gasteiger charge is 2.01. The van der Waals surface area contributed by atoms with Crippen LogP contribution in [0.1, 0.15) is 37.3 Å². The lowest BCUT2D eigenvalue weighted by atomic mass is 10.0. The second-order valence-corrected chi connectivity index (χ2v) is 4.73. The van der Waals surface area contributed by atoms with Crippen molar-refractivity contribution < 1.29 is 0 Å². The van der Waals surface area contributed by atoms with E-state index in [-0.39, 0.29) is 0 Å². The van der Waals surface area contributed by atoms with Crippen LogP contribution in [0.4, 0.5) is 0 Å². The number of hydrogen-bond donors (Lipinski definition) is 0. The molecule has 0 bridgehead atoms. The van der Waals surface area contributed by atoms with Crippen molar-refractivity contribution in [3.8, 4) is 23.6 Å². The lowest BCUT2D eigenvalue weighted by Crippen LogP contribution is -1.89. The van der Waals surface area contributed by atoms with Gasteiger partial charge in [0.1, 0.15) is 0 Å². The number of hydrogen-bond acceptors (Lipinski definition) is 1. The number of benzene rings is 1. The van der Waals surface area contributed by atoms with Crippen LogP contribution in [0.25, 0.3) is 11.3 Å². The average molecular weight is 249 g/mol. The number of unbranched alkanes of at least 4 members (excludes halogenated alkanes) is 2. The minimum Gasteiger partial charge on any atom is -0.256 e. The third-order valence-electron chi connectivity index (χ3n) is 3.24. The van der Waals surface area contributed by atoms with Crippen molar-refractivity contribution in [3.63, 3.8) is 0 Å². The van der Waals surface area contributed by atoms with Gasteiger partial charge in [0.25, 0.3) is 0 Å². The van der Waals surface area contributed by atoms with Crippen molar-refractivity contribution in [1.29, 1.82) is 0 Å². The summed E-state index contributed by atoms with van der Waals surface area (Å²) in [6.07, 6.45) is 12.2. The van der Waals surface area contributed by atoms with Crippen LogP contribution in [-0.2, 0) is 6.42 Å². The SMILES string of the molecule is C#Cc1ccc(-c2cc(CCCCC)ccn2)cc1. The molecule has 0 fully saturated rings. The lowest BCUT2D eigenvalue weighted by Gasteiger charge is -2.05. The Hall–Kier alpha value is -2.07. The van der Waals surface area contributed by atoms with E-state index in [0.29, 0.717) is 0 Å². The monoisotopic (exact) mass is 249 g/mol. The first-order valence-corrected chi connectivity index (χ1v) is 6.85. The average Bonchev–Trinajstić information content (AvgIpc) is 2.48. The number of pyridine rings is 1. The van der Waals surface area contributed by atoms with E-state index in [9.17, 15) is 0 Å². The Bertz CT molecular complexity index is 561. The fourth-order valence-corrected chi connectivity index (χ4v) is 2.10. The Morgan fingerprint density at radius 2 is 1.89 bits per heavy atom. The molecule has 19 heavy (non-hydrogen) atoms. The second kappa shape index (κ2) is 6.75. The molecule has 0 atom stereocenters. The first-order valence-electron chi connectivity index (χ1n) is 6.85. The Labute approximate surface area is 115 Å². The quantitative estimate of drug-likeness (QED) is 0.563. The van der Waals surface area contributed by atoms with Crippen LogP contribution in [-0.4, -0.2) is 4.98 Å². The Morgan fingerprint density at radius 1 is 1.11 bits per heavy atom. The van der Waals surface area contributed by atoms with Crippen molar-refractivity contribution in [1.82, 2.24) is 4.98 Å². The highest BCUT2D eigenvalue weighted by atomic mass is 14.7. The van der Waals surface area contributed by atoms with Crippen molar-refractivity contribution in [3.05, 3.63) is 53.7 Å². The molecule has 0 saturated heterocycles. The van der Waals surface area contributed by atoms with E-state index < -0.39 is 0 Å². The van der Waals surface area contributed by atoms with Gasteiger partial charge >= 0.3 is 0 Å². The highest BCUT2D eigenvalue weighted by Crippen LogP contribution is 2.19. The van der Waals surface area contributed by atoms with Gasteiger partial charge in [-0.3, -0.25) is 4.98 Å². The molecule has 0 amide bonds. The van der Waals surface area contributed by atoms with E-state index in [1.54, 1.807) is 0 Å². The van der Waals surface area contributed by atoms with Gasteiger partial charge in [-0.1, -0.05) is 37.8 Å². The maximum Gasteiger partial charge on any atom is 0.0704 e. The molecule has 1 aromatic heterocycles. The second-order valence-electron chi connectivity index (χ2n) is 4.73. The zero-order valence-corrected chi connectivity index (χ0v) is 11.4. The van der Waals surface area contributed by atoms with E-state index in [4.69, 9.17) is 6.42 Å². The molecule has 0 aliphatic heterocycles.